The van der Waals surface area contributed by atoms with Gasteiger partial charge in [0.2, 0.25) is 5.91 Å². The molecule has 0 saturated heterocycles. The molecule has 84 valence electrons. The summed E-state index contributed by atoms with van der Waals surface area (Å²) in [6, 6.07) is 0. The molecule has 0 radical (unpaired) electrons. The second kappa shape index (κ2) is 4.44. The summed E-state index contributed by atoms with van der Waals surface area (Å²) in [5, 5.41) is 9.36. The molecule has 6 heteroatoms. The smallest absolute Gasteiger partial charge is 0.247 e. The summed E-state index contributed by atoms with van der Waals surface area (Å²) in [7, 11) is 0. The second-order valence-electron chi connectivity index (χ2n) is 3.48. The van der Waals surface area contributed by atoms with Crippen LogP contribution in [0.3, 0.4) is 0 Å². The third-order valence-corrected chi connectivity index (χ3v) is 2.86. The molecule has 2 aromatic heterocycles. The largest absolute Gasteiger partial charge is 0.300 e. The van der Waals surface area contributed by atoms with Crippen molar-refractivity contribution in [3.63, 3.8) is 0 Å². The number of aryl methyl sites for hydroxylation is 2. The van der Waals surface area contributed by atoms with Crippen LogP contribution in [0.5, 0.6) is 0 Å². The van der Waals surface area contributed by atoms with Gasteiger partial charge in [0.05, 0.1) is 5.69 Å². The van der Waals surface area contributed by atoms with Gasteiger partial charge in [-0.2, -0.15) is 5.10 Å². The quantitative estimate of drug-likeness (QED) is 0.880. The summed E-state index contributed by atoms with van der Waals surface area (Å²) in [5.41, 5.74) is 2.03. The first-order valence-corrected chi connectivity index (χ1v) is 5.73. The summed E-state index contributed by atoms with van der Waals surface area (Å²) in [6.07, 6.45) is 3.51. The molecule has 0 aliphatic carbocycles. The zero-order chi connectivity index (χ0) is 11.5. The first-order chi connectivity index (χ1) is 7.65. The highest BCUT2D eigenvalue weighted by Gasteiger charge is 2.07. The highest BCUT2D eigenvalue weighted by molar-refractivity contribution is 7.13. The third-order valence-electron chi connectivity index (χ3n) is 2.18. The van der Waals surface area contributed by atoms with Gasteiger partial charge in [-0.3, -0.25) is 9.48 Å². The summed E-state index contributed by atoms with van der Waals surface area (Å²) in [4.78, 5) is 15.6. The number of amides is 1. The minimum Gasteiger partial charge on any atom is -0.300 e. The SMILES string of the molecule is Cc1cn(CC(=O)Nc2nccs2)nc1C. The molecule has 2 heterocycles. The van der Waals surface area contributed by atoms with Crippen molar-refractivity contribution >= 4 is 22.4 Å². The molecule has 16 heavy (non-hydrogen) atoms. The molecule has 0 bridgehead atoms. The summed E-state index contributed by atoms with van der Waals surface area (Å²) in [5.74, 6) is -0.113. The van der Waals surface area contributed by atoms with E-state index in [-0.39, 0.29) is 12.5 Å². The average Bonchev–Trinajstić information content (AvgIpc) is 2.78. The molecule has 0 unspecified atom stereocenters. The first kappa shape index (κ1) is 10.8. The number of carbonyl (C=O) groups excluding carboxylic acids is 1. The van der Waals surface area contributed by atoms with Crippen LogP contribution in [0, 0.1) is 13.8 Å². The molecule has 0 aliphatic heterocycles. The zero-order valence-electron chi connectivity index (χ0n) is 9.10. The lowest BCUT2D eigenvalue weighted by atomic mass is 10.3. The van der Waals surface area contributed by atoms with Gasteiger partial charge in [0, 0.05) is 17.8 Å². The Hall–Kier alpha value is -1.69. The monoisotopic (exact) mass is 236 g/mol. The number of nitrogens with zero attached hydrogens (tertiary/aromatic N) is 3. The Morgan fingerprint density at radius 3 is 2.94 bits per heavy atom. The van der Waals surface area contributed by atoms with E-state index in [1.54, 1.807) is 10.9 Å². The van der Waals surface area contributed by atoms with Crippen LogP contribution in [0.4, 0.5) is 5.13 Å². The summed E-state index contributed by atoms with van der Waals surface area (Å²) < 4.78 is 1.63. The molecule has 0 fully saturated rings. The molecule has 0 saturated carbocycles. The van der Waals surface area contributed by atoms with Crippen LogP contribution in [0.25, 0.3) is 0 Å². The Bertz CT molecular complexity index is 469. The van der Waals surface area contributed by atoms with Crippen LogP contribution >= 0.6 is 11.3 Å². The number of thiazole rings is 1. The van der Waals surface area contributed by atoms with Crippen LogP contribution in [0.15, 0.2) is 17.8 Å². The normalized spacial score (nSPS) is 10.4. The van der Waals surface area contributed by atoms with E-state index in [1.807, 2.05) is 25.4 Å². The van der Waals surface area contributed by atoms with Crippen molar-refractivity contribution in [2.24, 2.45) is 0 Å². The van der Waals surface area contributed by atoms with Crippen LogP contribution in [0.1, 0.15) is 11.3 Å². The maximum Gasteiger partial charge on any atom is 0.247 e. The van der Waals surface area contributed by atoms with Gasteiger partial charge in [-0.25, -0.2) is 4.98 Å². The van der Waals surface area contributed by atoms with Gasteiger partial charge in [-0.15, -0.1) is 11.3 Å². The molecule has 1 amide bonds. The molecule has 0 spiro atoms. The first-order valence-electron chi connectivity index (χ1n) is 4.85. The van der Waals surface area contributed by atoms with Crippen LogP contribution in [0.2, 0.25) is 0 Å². The lowest BCUT2D eigenvalue weighted by molar-refractivity contribution is -0.116. The van der Waals surface area contributed by atoms with Crippen molar-refractivity contribution in [1.29, 1.82) is 0 Å². The number of hydrogen-bond donors (Lipinski definition) is 1. The predicted molar refractivity (Wildman–Crippen MR) is 62.4 cm³/mol. The molecular formula is C10H12N4OS. The van der Waals surface area contributed by atoms with E-state index >= 15 is 0 Å². The van der Waals surface area contributed by atoms with Crippen molar-refractivity contribution in [3.8, 4) is 0 Å². The molecule has 0 aromatic carbocycles. The van der Waals surface area contributed by atoms with Gasteiger partial charge in [0.15, 0.2) is 5.13 Å². The van der Waals surface area contributed by atoms with Crippen LogP contribution in [-0.4, -0.2) is 20.7 Å². The van der Waals surface area contributed by atoms with Gasteiger partial charge < -0.3 is 5.32 Å². The van der Waals surface area contributed by atoms with Gasteiger partial charge in [0.25, 0.3) is 0 Å². The Morgan fingerprint density at radius 2 is 2.38 bits per heavy atom. The van der Waals surface area contributed by atoms with Crippen molar-refractivity contribution in [3.05, 3.63) is 29.0 Å². The van der Waals surface area contributed by atoms with E-state index in [0.717, 1.165) is 11.3 Å². The molecular weight excluding hydrogens is 224 g/mol. The van der Waals surface area contributed by atoms with Crippen molar-refractivity contribution in [2.45, 2.75) is 20.4 Å². The number of nitrogens with one attached hydrogen (secondary N) is 1. The fourth-order valence-corrected chi connectivity index (χ4v) is 1.83. The number of aromatic nitrogens is 3. The summed E-state index contributed by atoms with van der Waals surface area (Å²) >= 11 is 1.40. The highest BCUT2D eigenvalue weighted by Crippen LogP contribution is 2.10. The maximum absolute atomic E-state index is 11.6. The van der Waals surface area contributed by atoms with Gasteiger partial charge in [-0.1, -0.05) is 0 Å². The fourth-order valence-electron chi connectivity index (χ4n) is 1.29. The Kier molecular flexibility index (Phi) is 3.00. The average molecular weight is 236 g/mol. The minimum absolute atomic E-state index is 0.113. The summed E-state index contributed by atoms with van der Waals surface area (Å²) in [6.45, 7) is 4.11. The second-order valence-corrected chi connectivity index (χ2v) is 4.38. The number of anilines is 1. The Balaban J connectivity index is 1.97. The van der Waals surface area contributed by atoms with Crippen molar-refractivity contribution in [2.75, 3.05) is 5.32 Å². The Labute approximate surface area is 97.1 Å². The van der Waals surface area contributed by atoms with Crippen molar-refractivity contribution < 1.29 is 4.79 Å². The van der Waals surface area contributed by atoms with Gasteiger partial charge >= 0.3 is 0 Å². The molecule has 5 nitrogen and oxygen atoms in total. The molecule has 2 rings (SSSR count). The zero-order valence-corrected chi connectivity index (χ0v) is 9.91. The van der Waals surface area contributed by atoms with E-state index < -0.39 is 0 Å². The highest BCUT2D eigenvalue weighted by atomic mass is 32.1. The predicted octanol–water partition coefficient (Wildman–Crippen LogP) is 1.60. The standard InChI is InChI=1S/C10H12N4OS/c1-7-5-14(13-8(7)2)6-9(15)12-10-11-3-4-16-10/h3-5H,6H2,1-2H3,(H,11,12,15). The lowest BCUT2D eigenvalue weighted by Gasteiger charge is -2.01. The lowest BCUT2D eigenvalue weighted by Crippen LogP contribution is -2.18. The number of carbonyl (C=O) groups is 1. The van der Waals surface area contributed by atoms with Crippen molar-refractivity contribution in [1.82, 2.24) is 14.8 Å². The van der Waals surface area contributed by atoms with Gasteiger partial charge in [0.1, 0.15) is 6.54 Å². The molecule has 0 aliphatic rings. The van der Waals surface area contributed by atoms with Crippen LogP contribution < -0.4 is 5.32 Å². The topological polar surface area (TPSA) is 59.8 Å². The van der Waals surface area contributed by atoms with Crippen LogP contribution in [-0.2, 0) is 11.3 Å². The van der Waals surface area contributed by atoms with E-state index in [1.165, 1.54) is 11.3 Å². The molecule has 2 aromatic rings. The molecule has 0 atom stereocenters. The third kappa shape index (κ3) is 2.46. The minimum atomic E-state index is -0.113. The molecule has 1 N–H and O–H groups in total. The van der Waals surface area contributed by atoms with Gasteiger partial charge in [-0.05, 0) is 19.4 Å². The van der Waals surface area contributed by atoms with E-state index in [9.17, 15) is 4.79 Å². The maximum atomic E-state index is 11.6. The van der Waals surface area contributed by atoms with E-state index in [0.29, 0.717) is 5.13 Å². The number of hydrogen-bond acceptors (Lipinski definition) is 4. The fraction of sp³-hybridized carbons (Fsp3) is 0.300. The number of rotatable bonds is 3. The van der Waals surface area contributed by atoms with E-state index in [4.69, 9.17) is 0 Å². The van der Waals surface area contributed by atoms with E-state index in [2.05, 4.69) is 15.4 Å². The Morgan fingerprint density at radius 1 is 1.56 bits per heavy atom.